The Bertz CT molecular complexity index is 974. The van der Waals surface area contributed by atoms with Crippen molar-refractivity contribution in [1.82, 2.24) is 25.1 Å². The Morgan fingerprint density at radius 2 is 1.80 bits per heavy atom. The Kier molecular flexibility index (Phi) is 4.80. The van der Waals surface area contributed by atoms with Crippen LogP contribution in [-0.2, 0) is 14.4 Å². The van der Waals surface area contributed by atoms with E-state index in [0.29, 0.717) is 17.6 Å². The average molecular weight is 408 g/mol. The van der Waals surface area contributed by atoms with Gasteiger partial charge in [-0.15, -0.1) is 5.10 Å². The van der Waals surface area contributed by atoms with Gasteiger partial charge in [0.05, 0.1) is 17.9 Å². The van der Waals surface area contributed by atoms with E-state index in [1.165, 1.54) is 4.90 Å². The minimum absolute atomic E-state index is 0.0843. The van der Waals surface area contributed by atoms with Gasteiger partial charge in [-0.3, -0.25) is 19.3 Å². The number of imide groups is 1. The molecular formula is C21H24N6O3. The van der Waals surface area contributed by atoms with Crippen molar-refractivity contribution < 1.29 is 14.4 Å². The van der Waals surface area contributed by atoms with Gasteiger partial charge in [0.15, 0.2) is 5.82 Å². The van der Waals surface area contributed by atoms with E-state index in [4.69, 9.17) is 0 Å². The molecule has 30 heavy (non-hydrogen) atoms. The molecule has 156 valence electrons. The SMILES string of the molecule is O=C(CCN1C(=O)[C@@H]2CCCC[C@H]2C1=O)Nc1cccc(-c2nnnn2C2CC2)c1. The van der Waals surface area contributed by atoms with Gasteiger partial charge in [0.25, 0.3) is 0 Å². The van der Waals surface area contributed by atoms with Crippen molar-refractivity contribution in [3.8, 4) is 11.4 Å². The predicted octanol–water partition coefficient (Wildman–Crippen LogP) is 2.18. The molecule has 2 saturated carbocycles. The first-order chi connectivity index (χ1) is 14.6. The first-order valence-electron chi connectivity index (χ1n) is 10.6. The Morgan fingerprint density at radius 1 is 1.07 bits per heavy atom. The number of benzene rings is 1. The van der Waals surface area contributed by atoms with Crippen molar-refractivity contribution in [1.29, 1.82) is 0 Å². The van der Waals surface area contributed by atoms with E-state index >= 15 is 0 Å². The quantitative estimate of drug-likeness (QED) is 0.734. The molecule has 9 nitrogen and oxygen atoms in total. The lowest BCUT2D eigenvalue weighted by Gasteiger charge is -2.19. The fraction of sp³-hybridized carbons (Fsp3) is 0.524. The van der Waals surface area contributed by atoms with Crippen LogP contribution in [-0.4, -0.2) is 49.4 Å². The number of anilines is 1. The van der Waals surface area contributed by atoms with Gasteiger partial charge >= 0.3 is 0 Å². The van der Waals surface area contributed by atoms with Crippen molar-refractivity contribution in [2.75, 3.05) is 11.9 Å². The van der Waals surface area contributed by atoms with E-state index in [0.717, 1.165) is 44.1 Å². The number of likely N-dealkylation sites (tertiary alicyclic amines) is 1. The van der Waals surface area contributed by atoms with Crippen molar-refractivity contribution in [2.24, 2.45) is 11.8 Å². The highest BCUT2D eigenvalue weighted by Gasteiger charge is 2.47. The molecule has 1 aromatic heterocycles. The molecule has 5 rings (SSSR count). The summed E-state index contributed by atoms with van der Waals surface area (Å²) in [4.78, 5) is 38.8. The van der Waals surface area contributed by atoms with Crippen LogP contribution in [0.25, 0.3) is 11.4 Å². The Balaban J connectivity index is 1.21. The van der Waals surface area contributed by atoms with Gasteiger partial charge in [0.1, 0.15) is 0 Å². The van der Waals surface area contributed by atoms with Crippen LogP contribution in [0.4, 0.5) is 5.69 Å². The predicted molar refractivity (Wildman–Crippen MR) is 107 cm³/mol. The van der Waals surface area contributed by atoms with E-state index in [2.05, 4.69) is 20.8 Å². The molecule has 1 aliphatic heterocycles. The second-order valence-electron chi connectivity index (χ2n) is 8.38. The van der Waals surface area contributed by atoms with Gasteiger partial charge in [0, 0.05) is 24.2 Å². The first-order valence-corrected chi connectivity index (χ1v) is 10.6. The zero-order valence-electron chi connectivity index (χ0n) is 16.7. The van der Waals surface area contributed by atoms with Gasteiger partial charge < -0.3 is 5.32 Å². The minimum atomic E-state index is -0.232. The van der Waals surface area contributed by atoms with Crippen molar-refractivity contribution >= 4 is 23.4 Å². The molecule has 2 atom stereocenters. The van der Waals surface area contributed by atoms with Crippen LogP contribution >= 0.6 is 0 Å². The van der Waals surface area contributed by atoms with Crippen LogP contribution in [0, 0.1) is 11.8 Å². The molecule has 2 aliphatic carbocycles. The summed E-state index contributed by atoms with van der Waals surface area (Å²) in [6.45, 7) is 0.135. The standard InChI is InChI=1S/C21H24N6O3/c28-18(10-11-26-20(29)16-6-1-2-7-17(16)21(26)30)22-14-5-3-4-13(12-14)19-23-24-25-27(19)15-8-9-15/h3-5,12,15-17H,1-2,6-11H2,(H,22,28)/t16-,17-/m1/s1. The van der Waals surface area contributed by atoms with E-state index in [-0.39, 0.29) is 42.5 Å². The van der Waals surface area contributed by atoms with Gasteiger partial charge in [-0.2, -0.15) is 0 Å². The molecule has 3 amide bonds. The van der Waals surface area contributed by atoms with Crippen LogP contribution in [0.15, 0.2) is 24.3 Å². The molecule has 0 bridgehead atoms. The molecule has 2 heterocycles. The van der Waals surface area contributed by atoms with Gasteiger partial charge in [-0.1, -0.05) is 25.0 Å². The molecule has 3 fully saturated rings. The van der Waals surface area contributed by atoms with E-state index in [1.54, 1.807) is 6.07 Å². The van der Waals surface area contributed by atoms with Crippen molar-refractivity contribution in [3.05, 3.63) is 24.3 Å². The van der Waals surface area contributed by atoms with Crippen LogP contribution in [0.2, 0.25) is 0 Å². The summed E-state index contributed by atoms with van der Waals surface area (Å²) in [5.41, 5.74) is 1.47. The van der Waals surface area contributed by atoms with Gasteiger partial charge in [-0.25, -0.2) is 4.68 Å². The topological polar surface area (TPSA) is 110 Å². The summed E-state index contributed by atoms with van der Waals surface area (Å²) in [6, 6.07) is 7.74. The van der Waals surface area contributed by atoms with Crippen LogP contribution in [0.3, 0.4) is 0 Å². The minimum Gasteiger partial charge on any atom is -0.326 e. The number of carbonyl (C=O) groups excluding carboxylic acids is 3. The fourth-order valence-corrected chi connectivity index (χ4v) is 4.57. The van der Waals surface area contributed by atoms with Crippen molar-refractivity contribution in [2.45, 2.75) is 51.0 Å². The lowest BCUT2D eigenvalue weighted by atomic mass is 9.81. The normalized spacial score (nSPS) is 23.5. The smallest absolute Gasteiger partial charge is 0.233 e. The van der Waals surface area contributed by atoms with Crippen LogP contribution < -0.4 is 5.32 Å². The molecule has 1 aromatic carbocycles. The maximum absolute atomic E-state index is 12.5. The van der Waals surface area contributed by atoms with Gasteiger partial charge in [-0.05, 0) is 48.2 Å². The number of aromatic nitrogens is 4. The Hall–Kier alpha value is -3.10. The zero-order chi connectivity index (χ0) is 20.7. The number of hydrogen-bond donors (Lipinski definition) is 1. The molecule has 0 spiro atoms. The highest BCUT2D eigenvalue weighted by Crippen LogP contribution is 2.38. The third kappa shape index (κ3) is 3.48. The lowest BCUT2D eigenvalue weighted by Crippen LogP contribution is -2.34. The van der Waals surface area contributed by atoms with Crippen LogP contribution in [0.1, 0.15) is 51.0 Å². The zero-order valence-corrected chi connectivity index (χ0v) is 16.7. The number of nitrogens with zero attached hydrogens (tertiary/aromatic N) is 5. The Morgan fingerprint density at radius 3 is 2.50 bits per heavy atom. The number of rotatable bonds is 6. The number of amides is 3. The molecule has 9 heteroatoms. The average Bonchev–Trinajstić information content (AvgIpc) is 3.43. The summed E-state index contributed by atoms with van der Waals surface area (Å²) >= 11 is 0. The Labute approximate surface area is 173 Å². The molecule has 3 aliphatic rings. The molecule has 0 radical (unpaired) electrons. The van der Waals surface area contributed by atoms with Crippen molar-refractivity contribution in [3.63, 3.8) is 0 Å². The number of tetrazole rings is 1. The van der Waals surface area contributed by atoms with E-state index in [9.17, 15) is 14.4 Å². The summed E-state index contributed by atoms with van der Waals surface area (Å²) in [5.74, 6) is -0.112. The third-order valence-electron chi connectivity index (χ3n) is 6.28. The molecule has 0 unspecified atom stereocenters. The van der Waals surface area contributed by atoms with E-state index in [1.807, 2.05) is 22.9 Å². The summed E-state index contributed by atoms with van der Waals surface area (Å²) in [6.07, 6.45) is 5.79. The number of fused-ring (bicyclic) bond motifs is 1. The number of hydrogen-bond acceptors (Lipinski definition) is 6. The van der Waals surface area contributed by atoms with Crippen LogP contribution in [0.5, 0.6) is 0 Å². The third-order valence-corrected chi connectivity index (χ3v) is 6.28. The largest absolute Gasteiger partial charge is 0.326 e. The monoisotopic (exact) mass is 408 g/mol. The van der Waals surface area contributed by atoms with Gasteiger partial charge in [0.2, 0.25) is 17.7 Å². The fourth-order valence-electron chi connectivity index (χ4n) is 4.57. The number of carbonyl (C=O) groups is 3. The van der Waals surface area contributed by atoms with E-state index < -0.39 is 0 Å². The summed E-state index contributed by atoms with van der Waals surface area (Å²) in [5, 5.41) is 14.8. The summed E-state index contributed by atoms with van der Waals surface area (Å²) in [7, 11) is 0. The molecule has 1 N–H and O–H groups in total. The molecule has 2 aromatic rings. The summed E-state index contributed by atoms with van der Waals surface area (Å²) < 4.78 is 1.82. The number of nitrogens with one attached hydrogen (secondary N) is 1. The maximum Gasteiger partial charge on any atom is 0.233 e. The second kappa shape index (κ2) is 7.62. The first kappa shape index (κ1) is 18.9. The highest BCUT2D eigenvalue weighted by atomic mass is 16.2. The maximum atomic E-state index is 12.5. The lowest BCUT2D eigenvalue weighted by molar-refractivity contribution is -0.140. The highest BCUT2D eigenvalue weighted by molar-refractivity contribution is 6.05. The molecule has 1 saturated heterocycles. The second-order valence-corrected chi connectivity index (χ2v) is 8.38. The molecular weight excluding hydrogens is 384 g/mol.